The lowest BCUT2D eigenvalue weighted by Gasteiger charge is -2.33. The summed E-state index contributed by atoms with van der Waals surface area (Å²) < 4.78 is 5.03. The maximum absolute atomic E-state index is 12.1. The molecular weight excluding hydrogens is 288 g/mol. The van der Waals surface area contributed by atoms with Gasteiger partial charge in [-0.1, -0.05) is 0 Å². The van der Waals surface area contributed by atoms with Gasteiger partial charge in [0.25, 0.3) is 0 Å². The van der Waals surface area contributed by atoms with Crippen LogP contribution in [0.4, 0.5) is 0 Å². The summed E-state index contributed by atoms with van der Waals surface area (Å²) in [6, 6.07) is 0. The molecule has 1 saturated heterocycles. The molecule has 1 aromatic heterocycles. The molecule has 2 rings (SSSR count). The Morgan fingerprint density at radius 1 is 1.43 bits per heavy atom. The lowest BCUT2D eigenvalue weighted by atomic mass is 10.3. The van der Waals surface area contributed by atoms with Crippen molar-refractivity contribution in [2.75, 3.05) is 54.0 Å². The van der Waals surface area contributed by atoms with Gasteiger partial charge in [0.15, 0.2) is 0 Å². The third-order valence-electron chi connectivity index (χ3n) is 3.40. The van der Waals surface area contributed by atoms with E-state index in [1.807, 2.05) is 11.1 Å². The Kier molecular flexibility index (Phi) is 6.10. The maximum atomic E-state index is 12.1. The van der Waals surface area contributed by atoms with Gasteiger partial charge in [-0.3, -0.25) is 9.69 Å². The van der Waals surface area contributed by atoms with Gasteiger partial charge in [0, 0.05) is 44.4 Å². The molecule has 1 fully saturated rings. The number of ether oxygens (including phenoxy) is 1. The SMILES string of the molecule is COCCN1CCN(Cc2ncc(CN(C)C)s2)CC1=O. The van der Waals surface area contributed by atoms with Crippen LogP contribution in [0, 0.1) is 0 Å². The Bertz CT molecular complexity index is 464. The van der Waals surface area contributed by atoms with Gasteiger partial charge in [-0.2, -0.15) is 0 Å². The van der Waals surface area contributed by atoms with Crippen LogP contribution >= 0.6 is 11.3 Å². The van der Waals surface area contributed by atoms with Crippen LogP contribution in [0.3, 0.4) is 0 Å². The lowest BCUT2D eigenvalue weighted by Crippen LogP contribution is -2.50. The van der Waals surface area contributed by atoms with Crippen molar-refractivity contribution in [1.82, 2.24) is 19.7 Å². The number of carbonyl (C=O) groups excluding carboxylic acids is 1. The number of methoxy groups -OCH3 is 1. The molecule has 0 spiro atoms. The van der Waals surface area contributed by atoms with E-state index in [1.54, 1.807) is 18.4 Å². The van der Waals surface area contributed by atoms with Gasteiger partial charge in [0.2, 0.25) is 5.91 Å². The molecule has 7 heteroatoms. The first-order valence-corrected chi connectivity index (χ1v) is 7.97. The molecule has 2 heterocycles. The van der Waals surface area contributed by atoms with E-state index in [9.17, 15) is 4.79 Å². The molecule has 0 bridgehead atoms. The highest BCUT2D eigenvalue weighted by Crippen LogP contribution is 2.17. The number of hydrogen-bond acceptors (Lipinski definition) is 6. The molecule has 0 N–H and O–H groups in total. The predicted molar refractivity (Wildman–Crippen MR) is 83.2 cm³/mol. The molecule has 21 heavy (non-hydrogen) atoms. The fourth-order valence-electron chi connectivity index (χ4n) is 2.33. The van der Waals surface area contributed by atoms with Gasteiger partial charge in [0.1, 0.15) is 5.01 Å². The molecule has 0 aliphatic carbocycles. The maximum Gasteiger partial charge on any atom is 0.236 e. The van der Waals surface area contributed by atoms with Gasteiger partial charge in [-0.05, 0) is 14.1 Å². The zero-order chi connectivity index (χ0) is 15.2. The normalized spacial score (nSPS) is 17.0. The van der Waals surface area contributed by atoms with Gasteiger partial charge in [-0.25, -0.2) is 4.98 Å². The number of amides is 1. The number of rotatable bonds is 7. The average molecular weight is 312 g/mol. The van der Waals surface area contributed by atoms with Crippen molar-refractivity contribution < 1.29 is 9.53 Å². The molecule has 0 radical (unpaired) electrons. The predicted octanol–water partition coefficient (Wildman–Crippen LogP) is 0.495. The molecule has 0 aromatic carbocycles. The van der Waals surface area contributed by atoms with Crippen molar-refractivity contribution in [3.05, 3.63) is 16.1 Å². The van der Waals surface area contributed by atoms with Crippen molar-refractivity contribution in [1.29, 1.82) is 0 Å². The second-order valence-corrected chi connectivity index (χ2v) is 6.74. The van der Waals surface area contributed by atoms with Crippen LogP contribution in [0.1, 0.15) is 9.88 Å². The van der Waals surface area contributed by atoms with Crippen LogP contribution in [0.25, 0.3) is 0 Å². The fraction of sp³-hybridized carbons (Fsp3) is 0.714. The quantitative estimate of drug-likeness (QED) is 0.734. The highest BCUT2D eigenvalue weighted by molar-refractivity contribution is 7.11. The first-order chi connectivity index (χ1) is 10.1. The molecule has 6 nitrogen and oxygen atoms in total. The molecule has 1 aliphatic heterocycles. The van der Waals surface area contributed by atoms with E-state index in [1.165, 1.54) is 4.88 Å². The summed E-state index contributed by atoms with van der Waals surface area (Å²) in [5.41, 5.74) is 0. The summed E-state index contributed by atoms with van der Waals surface area (Å²) in [5.74, 6) is 0.184. The molecule has 0 saturated carbocycles. The van der Waals surface area contributed by atoms with Gasteiger partial charge < -0.3 is 14.5 Å². The van der Waals surface area contributed by atoms with Gasteiger partial charge in [0.05, 0.1) is 19.7 Å². The first kappa shape index (κ1) is 16.4. The topological polar surface area (TPSA) is 48.9 Å². The number of hydrogen-bond donors (Lipinski definition) is 0. The van der Waals surface area contributed by atoms with E-state index in [2.05, 4.69) is 28.9 Å². The molecule has 1 aliphatic rings. The summed E-state index contributed by atoms with van der Waals surface area (Å²) in [6.45, 7) is 5.13. The van der Waals surface area contributed by atoms with E-state index < -0.39 is 0 Å². The van der Waals surface area contributed by atoms with Crippen LogP contribution in [0.15, 0.2) is 6.20 Å². The Morgan fingerprint density at radius 3 is 2.90 bits per heavy atom. The minimum absolute atomic E-state index is 0.184. The number of nitrogens with zero attached hydrogens (tertiary/aromatic N) is 4. The van der Waals surface area contributed by atoms with Crippen molar-refractivity contribution in [3.63, 3.8) is 0 Å². The number of piperazine rings is 1. The van der Waals surface area contributed by atoms with Gasteiger partial charge >= 0.3 is 0 Å². The smallest absolute Gasteiger partial charge is 0.236 e. The molecule has 0 atom stereocenters. The van der Waals surface area contributed by atoms with Crippen molar-refractivity contribution in [2.45, 2.75) is 13.1 Å². The fourth-order valence-corrected chi connectivity index (χ4v) is 3.41. The van der Waals surface area contributed by atoms with Crippen LogP contribution < -0.4 is 0 Å². The number of thiazole rings is 1. The van der Waals surface area contributed by atoms with Crippen molar-refractivity contribution in [3.8, 4) is 0 Å². The summed E-state index contributed by atoms with van der Waals surface area (Å²) in [7, 11) is 5.77. The minimum Gasteiger partial charge on any atom is -0.383 e. The van der Waals surface area contributed by atoms with E-state index in [0.29, 0.717) is 19.7 Å². The summed E-state index contributed by atoms with van der Waals surface area (Å²) >= 11 is 1.73. The zero-order valence-corrected chi connectivity index (χ0v) is 13.9. The van der Waals surface area contributed by atoms with Crippen LogP contribution in [-0.4, -0.2) is 79.6 Å². The summed E-state index contributed by atoms with van der Waals surface area (Å²) in [6.07, 6.45) is 1.94. The second-order valence-electron chi connectivity index (χ2n) is 5.54. The molecule has 1 amide bonds. The molecular formula is C14H24N4O2S. The standard InChI is InChI=1S/C14H24N4O2S/c1-16(2)9-12-8-15-13(21-12)10-17-4-5-18(6-7-20-3)14(19)11-17/h8H,4-7,9-11H2,1-3H3. The van der Waals surface area contributed by atoms with Crippen molar-refractivity contribution in [2.24, 2.45) is 0 Å². The van der Waals surface area contributed by atoms with Crippen molar-refractivity contribution >= 4 is 17.2 Å². The van der Waals surface area contributed by atoms with E-state index in [-0.39, 0.29) is 5.91 Å². The van der Waals surface area contributed by atoms with Crippen LogP contribution in [0.5, 0.6) is 0 Å². The van der Waals surface area contributed by atoms with E-state index >= 15 is 0 Å². The van der Waals surface area contributed by atoms with Crippen LogP contribution in [-0.2, 0) is 22.6 Å². The monoisotopic (exact) mass is 312 g/mol. The summed E-state index contributed by atoms with van der Waals surface area (Å²) in [4.78, 5) is 24.0. The molecule has 0 unspecified atom stereocenters. The van der Waals surface area contributed by atoms with E-state index in [4.69, 9.17) is 4.74 Å². The van der Waals surface area contributed by atoms with E-state index in [0.717, 1.165) is 31.2 Å². The third kappa shape index (κ3) is 5.03. The Labute approximate surface area is 130 Å². The highest BCUT2D eigenvalue weighted by atomic mass is 32.1. The molecule has 118 valence electrons. The molecule has 1 aromatic rings. The highest BCUT2D eigenvalue weighted by Gasteiger charge is 2.24. The lowest BCUT2D eigenvalue weighted by molar-refractivity contribution is -0.136. The number of carbonyl (C=O) groups is 1. The minimum atomic E-state index is 0.184. The first-order valence-electron chi connectivity index (χ1n) is 7.16. The Hall–Kier alpha value is -1.02. The number of aromatic nitrogens is 1. The average Bonchev–Trinajstić information content (AvgIpc) is 2.84. The Balaban J connectivity index is 1.82. The largest absolute Gasteiger partial charge is 0.383 e. The van der Waals surface area contributed by atoms with Gasteiger partial charge in [-0.15, -0.1) is 11.3 Å². The second kappa shape index (κ2) is 7.84. The Morgan fingerprint density at radius 2 is 2.24 bits per heavy atom. The zero-order valence-electron chi connectivity index (χ0n) is 13.0. The summed E-state index contributed by atoms with van der Waals surface area (Å²) in [5, 5.41) is 1.09. The third-order valence-corrected chi connectivity index (χ3v) is 4.36. The van der Waals surface area contributed by atoms with Crippen LogP contribution in [0.2, 0.25) is 0 Å².